The fraction of sp³-hybridized carbons (Fsp3) is 0.417. The normalized spacial score (nSPS) is 13.7. The molecule has 0 bridgehead atoms. The lowest BCUT2D eigenvalue weighted by Crippen LogP contribution is -2.27. The van der Waals surface area contributed by atoms with Gasteiger partial charge in [-0.15, -0.1) is 0 Å². The molecule has 0 spiro atoms. The zero-order chi connectivity index (χ0) is 11.5. The molecule has 4 heteroatoms. The van der Waals surface area contributed by atoms with E-state index in [2.05, 4.69) is 0 Å². The molecule has 2 rings (SSSR count). The van der Waals surface area contributed by atoms with E-state index >= 15 is 0 Å². The summed E-state index contributed by atoms with van der Waals surface area (Å²) in [4.78, 5) is 12.6. The Morgan fingerprint density at radius 1 is 1.56 bits per heavy atom. The number of rotatable bonds is 4. The van der Waals surface area contributed by atoms with Gasteiger partial charge in [0.05, 0.1) is 6.61 Å². The molecule has 0 saturated carbocycles. The molecular formula is C12H15NO3. The molecule has 86 valence electrons. The average molecular weight is 221 g/mol. The second-order valence-electron chi connectivity index (χ2n) is 3.75. The zero-order valence-electron chi connectivity index (χ0n) is 9.27. The van der Waals surface area contributed by atoms with Crippen molar-refractivity contribution in [2.75, 3.05) is 24.6 Å². The smallest absolute Gasteiger partial charge is 0.323 e. The zero-order valence-corrected chi connectivity index (χ0v) is 9.27. The summed E-state index contributed by atoms with van der Waals surface area (Å²) in [5.74, 6) is 0.0857. The van der Waals surface area contributed by atoms with Crippen molar-refractivity contribution >= 4 is 11.7 Å². The van der Waals surface area contributed by atoms with Crippen LogP contribution in [0.3, 0.4) is 0 Å². The van der Waals surface area contributed by atoms with E-state index < -0.39 is 5.97 Å². The summed E-state index contributed by atoms with van der Waals surface area (Å²) in [7, 11) is 0. The SMILES string of the molecule is CCOc1cccc2c1CCN2CC(=O)O. The number of fused-ring (bicyclic) bond motifs is 1. The predicted octanol–water partition coefficient (Wildman–Crippen LogP) is 1.53. The Labute approximate surface area is 94.4 Å². The third-order valence-electron chi connectivity index (χ3n) is 2.71. The first-order chi connectivity index (χ1) is 7.72. The van der Waals surface area contributed by atoms with E-state index in [1.54, 1.807) is 0 Å². The summed E-state index contributed by atoms with van der Waals surface area (Å²) in [6.07, 6.45) is 0.860. The largest absolute Gasteiger partial charge is 0.494 e. The number of carboxylic acid groups (broad SMARTS) is 1. The van der Waals surface area contributed by atoms with Crippen LogP contribution in [0.5, 0.6) is 5.75 Å². The minimum absolute atomic E-state index is 0.0581. The summed E-state index contributed by atoms with van der Waals surface area (Å²) in [5.41, 5.74) is 2.12. The summed E-state index contributed by atoms with van der Waals surface area (Å²) in [6, 6.07) is 5.80. The molecule has 0 saturated heterocycles. The van der Waals surface area contributed by atoms with Crippen molar-refractivity contribution in [1.82, 2.24) is 0 Å². The van der Waals surface area contributed by atoms with Crippen LogP contribution in [0, 0.1) is 0 Å². The van der Waals surface area contributed by atoms with Gasteiger partial charge in [0, 0.05) is 17.8 Å². The second kappa shape index (κ2) is 4.43. The van der Waals surface area contributed by atoms with Gasteiger partial charge in [-0.2, -0.15) is 0 Å². The molecule has 0 radical (unpaired) electrons. The molecule has 0 amide bonds. The van der Waals surface area contributed by atoms with Gasteiger partial charge in [-0.25, -0.2) is 0 Å². The van der Waals surface area contributed by atoms with Crippen molar-refractivity contribution < 1.29 is 14.6 Å². The van der Waals surface area contributed by atoms with Crippen molar-refractivity contribution in [3.8, 4) is 5.75 Å². The topological polar surface area (TPSA) is 49.8 Å². The van der Waals surface area contributed by atoms with Crippen molar-refractivity contribution in [3.63, 3.8) is 0 Å². The third kappa shape index (κ3) is 1.96. The molecule has 1 aromatic rings. The fourth-order valence-electron chi connectivity index (χ4n) is 2.09. The van der Waals surface area contributed by atoms with Gasteiger partial charge in [-0.05, 0) is 25.5 Å². The molecule has 16 heavy (non-hydrogen) atoms. The molecule has 1 N–H and O–H groups in total. The molecule has 0 atom stereocenters. The standard InChI is InChI=1S/C12H15NO3/c1-2-16-11-5-3-4-10-9(11)6-7-13(10)8-12(14)15/h3-5H,2,6-8H2,1H3,(H,14,15). The molecule has 0 unspecified atom stereocenters. The Hall–Kier alpha value is -1.71. The quantitative estimate of drug-likeness (QED) is 0.837. The Bertz CT molecular complexity index is 403. The number of carbonyl (C=O) groups is 1. The van der Waals surface area contributed by atoms with Gasteiger partial charge in [0.15, 0.2) is 0 Å². The molecule has 4 nitrogen and oxygen atoms in total. The maximum Gasteiger partial charge on any atom is 0.323 e. The van der Waals surface area contributed by atoms with Crippen molar-refractivity contribution in [1.29, 1.82) is 0 Å². The van der Waals surface area contributed by atoms with E-state index in [1.807, 2.05) is 30.0 Å². The molecule has 0 fully saturated rings. The highest BCUT2D eigenvalue weighted by Crippen LogP contribution is 2.34. The number of carboxylic acids is 1. The Morgan fingerprint density at radius 3 is 3.06 bits per heavy atom. The third-order valence-corrected chi connectivity index (χ3v) is 2.71. The maximum absolute atomic E-state index is 10.7. The van der Waals surface area contributed by atoms with Gasteiger partial charge in [-0.3, -0.25) is 4.79 Å². The Kier molecular flexibility index (Phi) is 2.99. The van der Waals surface area contributed by atoms with Crippen LogP contribution in [0.4, 0.5) is 5.69 Å². The van der Waals surface area contributed by atoms with Crippen molar-refractivity contribution in [2.45, 2.75) is 13.3 Å². The first kappa shape index (κ1) is 10.8. The van der Waals surface area contributed by atoms with Gasteiger partial charge in [-0.1, -0.05) is 6.07 Å². The van der Waals surface area contributed by atoms with Crippen LogP contribution >= 0.6 is 0 Å². The molecular weight excluding hydrogens is 206 g/mol. The summed E-state index contributed by atoms with van der Waals surface area (Å²) < 4.78 is 5.53. The Morgan fingerprint density at radius 2 is 2.38 bits per heavy atom. The highest BCUT2D eigenvalue weighted by atomic mass is 16.5. The van der Waals surface area contributed by atoms with Crippen LogP contribution in [0.1, 0.15) is 12.5 Å². The van der Waals surface area contributed by atoms with E-state index in [0.717, 1.165) is 30.0 Å². The van der Waals surface area contributed by atoms with Crippen molar-refractivity contribution in [3.05, 3.63) is 23.8 Å². The summed E-state index contributed by atoms with van der Waals surface area (Å²) in [5, 5.41) is 8.80. The van der Waals surface area contributed by atoms with Crippen LogP contribution in [-0.2, 0) is 11.2 Å². The van der Waals surface area contributed by atoms with Crippen LogP contribution in [0.2, 0.25) is 0 Å². The van der Waals surface area contributed by atoms with E-state index in [0.29, 0.717) is 6.61 Å². The molecule has 1 aliphatic heterocycles. The maximum atomic E-state index is 10.7. The fourth-order valence-corrected chi connectivity index (χ4v) is 2.09. The molecule has 1 aliphatic rings. The highest BCUT2D eigenvalue weighted by molar-refractivity contribution is 5.76. The first-order valence-corrected chi connectivity index (χ1v) is 5.43. The summed E-state index contributed by atoms with van der Waals surface area (Å²) >= 11 is 0. The second-order valence-corrected chi connectivity index (χ2v) is 3.75. The van der Waals surface area contributed by atoms with Crippen LogP contribution < -0.4 is 9.64 Å². The molecule has 0 aliphatic carbocycles. The number of hydrogen-bond acceptors (Lipinski definition) is 3. The number of ether oxygens (including phenoxy) is 1. The number of benzene rings is 1. The van der Waals surface area contributed by atoms with E-state index in [1.165, 1.54) is 0 Å². The van der Waals surface area contributed by atoms with E-state index in [4.69, 9.17) is 9.84 Å². The van der Waals surface area contributed by atoms with E-state index in [9.17, 15) is 4.79 Å². The van der Waals surface area contributed by atoms with Gasteiger partial charge < -0.3 is 14.7 Å². The minimum Gasteiger partial charge on any atom is -0.494 e. The van der Waals surface area contributed by atoms with Crippen LogP contribution in [0.15, 0.2) is 18.2 Å². The lowest BCUT2D eigenvalue weighted by molar-refractivity contribution is -0.135. The predicted molar refractivity (Wildman–Crippen MR) is 61.2 cm³/mol. The highest BCUT2D eigenvalue weighted by Gasteiger charge is 2.23. The lowest BCUT2D eigenvalue weighted by Gasteiger charge is -2.17. The number of anilines is 1. The number of aliphatic carboxylic acids is 1. The summed E-state index contributed by atoms with van der Waals surface area (Å²) in [6.45, 7) is 3.40. The Balaban J connectivity index is 2.26. The van der Waals surface area contributed by atoms with Gasteiger partial charge in [0.2, 0.25) is 0 Å². The molecule has 1 aromatic carbocycles. The van der Waals surface area contributed by atoms with Gasteiger partial charge >= 0.3 is 5.97 Å². The van der Waals surface area contributed by atoms with Crippen molar-refractivity contribution in [2.24, 2.45) is 0 Å². The lowest BCUT2D eigenvalue weighted by atomic mass is 10.1. The van der Waals surface area contributed by atoms with Crippen LogP contribution in [-0.4, -0.2) is 30.8 Å². The van der Waals surface area contributed by atoms with Gasteiger partial charge in [0.1, 0.15) is 12.3 Å². The molecule has 0 aromatic heterocycles. The van der Waals surface area contributed by atoms with Crippen LogP contribution in [0.25, 0.3) is 0 Å². The number of nitrogens with zero attached hydrogens (tertiary/aromatic N) is 1. The average Bonchev–Trinajstić information content (AvgIpc) is 2.63. The minimum atomic E-state index is -0.797. The van der Waals surface area contributed by atoms with Gasteiger partial charge in [0.25, 0.3) is 0 Å². The van der Waals surface area contributed by atoms with E-state index in [-0.39, 0.29) is 6.54 Å². The first-order valence-electron chi connectivity index (χ1n) is 5.43. The number of hydrogen-bond donors (Lipinski definition) is 1. The monoisotopic (exact) mass is 221 g/mol. The molecule has 1 heterocycles.